The molecule has 0 N–H and O–H groups in total. The molecule has 0 aromatic heterocycles. The van der Waals surface area contributed by atoms with Crippen molar-refractivity contribution in [1.82, 2.24) is 4.90 Å². The zero-order chi connectivity index (χ0) is 22.2. The lowest BCUT2D eigenvalue weighted by atomic mass is 9.75. The number of nitrogens with zero attached hydrogens (tertiary/aromatic N) is 3. The summed E-state index contributed by atoms with van der Waals surface area (Å²) in [5, 5.41) is 0.455. The highest BCUT2D eigenvalue weighted by molar-refractivity contribution is 6.31. The van der Waals surface area contributed by atoms with Gasteiger partial charge in [0.05, 0.1) is 17.5 Å². The minimum Gasteiger partial charge on any atom is -0.306 e. The third-order valence-corrected chi connectivity index (χ3v) is 7.76. The molecule has 6 rings (SSSR count). The van der Waals surface area contributed by atoms with Gasteiger partial charge in [-0.1, -0.05) is 41.9 Å². The van der Waals surface area contributed by atoms with Crippen LogP contribution in [-0.4, -0.2) is 41.8 Å². The maximum atomic E-state index is 14.1. The lowest BCUT2D eigenvalue weighted by molar-refractivity contribution is -0.137. The Labute approximate surface area is 191 Å². The largest absolute Gasteiger partial charge is 0.306 e. The fourth-order valence-electron chi connectivity index (χ4n) is 6.52. The van der Waals surface area contributed by atoms with Crippen molar-refractivity contribution < 1.29 is 14.4 Å². The first-order valence-electron chi connectivity index (χ1n) is 10.9. The van der Waals surface area contributed by atoms with E-state index in [1.165, 1.54) is 4.90 Å². The first kappa shape index (κ1) is 19.7. The first-order chi connectivity index (χ1) is 15.5. The van der Waals surface area contributed by atoms with Gasteiger partial charge in [-0.25, -0.2) is 4.90 Å². The fourth-order valence-corrected chi connectivity index (χ4v) is 6.71. The van der Waals surface area contributed by atoms with Gasteiger partial charge in [0, 0.05) is 28.9 Å². The van der Waals surface area contributed by atoms with Crippen molar-refractivity contribution >= 4 is 40.7 Å². The molecule has 4 aliphatic heterocycles. The van der Waals surface area contributed by atoms with E-state index in [-0.39, 0.29) is 23.8 Å². The molecule has 0 saturated carbocycles. The van der Waals surface area contributed by atoms with Crippen LogP contribution in [-0.2, 0) is 19.9 Å². The van der Waals surface area contributed by atoms with Crippen molar-refractivity contribution in [2.24, 2.45) is 11.8 Å². The molecule has 2 aromatic rings. The molecule has 3 fully saturated rings. The predicted molar refractivity (Wildman–Crippen MR) is 121 cm³/mol. The minimum atomic E-state index is -1.16. The van der Waals surface area contributed by atoms with E-state index < -0.39 is 17.4 Å². The van der Waals surface area contributed by atoms with Crippen LogP contribution in [0.4, 0.5) is 11.4 Å². The third kappa shape index (κ3) is 2.21. The number of para-hydroxylation sites is 1. The number of hydrogen-bond donors (Lipinski definition) is 0. The highest BCUT2D eigenvalue weighted by Crippen LogP contribution is 2.61. The van der Waals surface area contributed by atoms with E-state index in [2.05, 4.69) is 11.5 Å². The second-order valence-electron chi connectivity index (χ2n) is 8.89. The van der Waals surface area contributed by atoms with Crippen molar-refractivity contribution in [3.05, 3.63) is 71.8 Å². The molecule has 7 heteroatoms. The summed E-state index contributed by atoms with van der Waals surface area (Å²) >= 11 is 6.17. The van der Waals surface area contributed by atoms with E-state index >= 15 is 0 Å². The number of carbonyl (C=O) groups excluding carboxylic acids is 3. The highest BCUT2D eigenvalue weighted by atomic mass is 35.5. The van der Waals surface area contributed by atoms with Crippen LogP contribution < -0.4 is 9.80 Å². The van der Waals surface area contributed by atoms with Gasteiger partial charge >= 0.3 is 0 Å². The Morgan fingerprint density at radius 3 is 2.69 bits per heavy atom. The highest BCUT2D eigenvalue weighted by Gasteiger charge is 2.75. The van der Waals surface area contributed by atoms with Crippen LogP contribution in [0.3, 0.4) is 0 Å². The molecule has 0 radical (unpaired) electrons. The Bertz CT molecular complexity index is 1200. The fraction of sp³-hybridized carbons (Fsp3) is 0.320. The molecular weight excluding hydrogens is 426 g/mol. The third-order valence-electron chi connectivity index (χ3n) is 7.52. The molecule has 6 nitrogen and oxygen atoms in total. The first-order valence-corrected chi connectivity index (χ1v) is 11.3. The van der Waals surface area contributed by atoms with Gasteiger partial charge in [-0.3, -0.25) is 19.3 Å². The van der Waals surface area contributed by atoms with Gasteiger partial charge in [-0.05, 0) is 43.7 Å². The van der Waals surface area contributed by atoms with Crippen LogP contribution in [0.15, 0.2) is 61.2 Å². The van der Waals surface area contributed by atoms with Crippen LogP contribution in [0.5, 0.6) is 0 Å². The van der Waals surface area contributed by atoms with E-state index in [1.54, 1.807) is 35.2 Å². The quantitative estimate of drug-likeness (QED) is 0.534. The summed E-state index contributed by atoms with van der Waals surface area (Å²) in [5.41, 5.74) is 0.916. The number of anilines is 2. The summed E-state index contributed by atoms with van der Waals surface area (Å²) in [5.74, 6) is -2.00. The van der Waals surface area contributed by atoms with E-state index in [0.717, 1.165) is 24.1 Å². The Morgan fingerprint density at radius 1 is 1.09 bits per heavy atom. The van der Waals surface area contributed by atoms with Crippen LogP contribution >= 0.6 is 11.6 Å². The van der Waals surface area contributed by atoms with Gasteiger partial charge in [-0.15, -0.1) is 6.58 Å². The number of benzene rings is 2. The van der Waals surface area contributed by atoms with Crippen LogP contribution in [0.2, 0.25) is 5.02 Å². The Kier molecular flexibility index (Phi) is 4.17. The van der Waals surface area contributed by atoms with Gasteiger partial charge in [0.15, 0.2) is 0 Å². The zero-order valence-electron chi connectivity index (χ0n) is 17.4. The van der Waals surface area contributed by atoms with Crippen molar-refractivity contribution in [2.75, 3.05) is 22.9 Å². The van der Waals surface area contributed by atoms with Crippen molar-refractivity contribution in [1.29, 1.82) is 0 Å². The molecule has 1 spiro atoms. The second kappa shape index (κ2) is 6.77. The number of fused-ring (bicyclic) bond motifs is 7. The van der Waals surface area contributed by atoms with E-state index in [0.29, 0.717) is 23.8 Å². The Morgan fingerprint density at radius 2 is 1.91 bits per heavy atom. The number of amides is 3. The van der Waals surface area contributed by atoms with E-state index in [9.17, 15) is 14.4 Å². The molecule has 4 atom stereocenters. The smallest absolute Gasteiger partial charge is 0.253 e. The summed E-state index contributed by atoms with van der Waals surface area (Å²) in [4.78, 5) is 46.9. The number of rotatable bonds is 3. The molecule has 3 saturated heterocycles. The maximum Gasteiger partial charge on any atom is 0.253 e. The Balaban J connectivity index is 1.57. The van der Waals surface area contributed by atoms with Crippen LogP contribution in [0.25, 0.3) is 0 Å². The average molecular weight is 448 g/mol. The van der Waals surface area contributed by atoms with Crippen LogP contribution in [0, 0.1) is 11.8 Å². The number of imide groups is 1. The maximum absolute atomic E-state index is 14.1. The molecule has 0 bridgehead atoms. The average Bonchev–Trinajstić information content (AvgIpc) is 3.48. The lowest BCUT2D eigenvalue weighted by Crippen LogP contribution is -2.56. The second-order valence-corrected chi connectivity index (χ2v) is 9.32. The molecule has 2 aromatic carbocycles. The SMILES string of the molecule is C=CCN1C(=O)[C@@]2(c3ccccc31)[C@H]1C(=O)N(c3cccc(Cl)c3)C(=O)[C@@H]1[C@H]1CCCN12. The zero-order valence-corrected chi connectivity index (χ0v) is 18.2. The standard InChI is InChI=1S/C25H22ClN3O3/c1-2-12-27-18-10-4-3-9-17(18)25(24(27)32)21-20(19-11-6-13-28(19)25)22(30)29(23(21)31)16-8-5-7-15(26)14-16/h2-5,7-10,14,19-21H,1,6,11-13H2/t19-,20-,21-,25-/m1/s1. The summed E-state index contributed by atoms with van der Waals surface area (Å²) < 4.78 is 0. The normalized spacial score (nSPS) is 30.9. The molecule has 0 unspecified atom stereocenters. The van der Waals surface area contributed by atoms with E-state index in [1.807, 2.05) is 24.3 Å². The van der Waals surface area contributed by atoms with Gasteiger partial charge in [-0.2, -0.15) is 0 Å². The van der Waals surface area contributed by atoms with Gasteiger partial charge in [0.1, 0.15) is 5.54 Å². The predicted octanol–water partition coefficient (Wildman–Crippen LogP) is 3.35. The van der Waals surface area contributed by atoms with Gasteiger partial charge in [0.25, 0.3) is 5.91 Å². The molecule has 162 valence electrons. The summed E-state index contributed by atoms with van der Waals surface area (Å²) in [6.45, 7) is 4.86. The minimum absolute atomic E-state index is 0.132. The number of halogens is 1. The van der Waals surface area contributed by atoms with E-state index in [4.69, 9.17) is 11.6 Å². The number of carbonyl (C=O) groups is 3. The molecule has 32 heavy (non-hydrogen) atoms. The van der Waals surface area contributed by atoms with Gasteiger partial charge < -0.3 is 4.90 Å². The molecule has 0 aliphatic carbocycles. The summed E-state index contributed by atoms with van der Waals surface area (Å²) in [7, 11) is 0. The molecule has 4 aliphatic rings. The van der Waals surface area contributed by atoms with Crippen molar-refractivity contribution in [3.63, 3.8) is 0 Å². The van der Waals surface area contributed by atoms with Crippen LogP contribution in [0.1, 0.15) is 18.4 Å². The van der Waals surface area contributed by atoms with Crippen molar-refractivity contribution in [2.45, 2.75) is 24.4 Å². The summed E-state index contributed by atoms with van der Waals surface area (Å²) in [6.07, 6.45) is 3.38. The van der Waals surface area contributed by atoms with Crippen molar-refractivity contribution in [3.8, 4) is 0 Å². The topological polar surface area (TPSA) is 60.9 Å². The summed E-state index contributed by atoms with van der Waals surface area (Å²) in [6, 6.07) is 14.3. The molecule has 4 heterocycles. The Hall–Kier alpha value is -2.96. The molecule has 3 amide bonds. The monoisotopic (exact) mass is 447 g/mol. The molecular formula is C25H22ClN3O3. The van der Waals surface area contributed by atoms with Gasteiger partial charge in [0.2, 0.25) is 11.8 Å². The lowest BCUT2D eigenvalue weighted by Gasteiger charge is -2.37. The number of hydrogen-bond acceptors (Lipinski definition) is 4.